The van der Waals surface area contributed by atoms with Crippen LogP contribution in [-0.4, -0.2) is 30.5 Å². The first kappa shape index (κ1) is 13.4. The number of nitrogens with zero attached hydrogens (tertiary/aromatic N) is 1. The first-order valence-electron chi connectivity index (χ1n) is 6.49. The molecule has 6 heteroatoms. The van der Waals surface area contributed by atoms with Crippen molar-refractivity contribution in [2.45, 2.75) is 12.6 Å². The summed E-state index contributed by atoms with van der Waals surface area (Å²) in [4.78, 5) is 15.4. The molecule has 1 fully saturated rings. The van der Waals surface area contributed by atoms with Crippen LogP contribution in [0.3, 0.4) is 0 Å². The summed E-state index contributed by atoms with van der Waals surface area (Å²) in [5.74, 6) is 0.592. The summed E-state index contributed by atoms with van der Waals surface area (Å²) in [6.45, 7) is 2.02. The Balaban J connectivity index is 1.71. The molecule has 0 spiro atoms. The minimum absolute atomic E-state index is 0.0293. The molecular weight excluding hydrogens is 276 g/mol. The fraction of sp³-hybridized carbons (Fsp3) is 0.357. The predicted octanol–water partition coefficient (Wildman–Crippen LogP) is 2.01. The van der Waals surface area contributed by atoms with Gasteiger partial charge in [-0.3, -0.25) is 4.79 Å². The van der Waals surface area contributed by atoms with E-state index >= 15 is 0 Å². The maximum absolute atomic E-state index is 12.4. The van der Waals surface area contributed by atoms with Gasteiger partial charge >= 0.3 is 0 Å². The van der Waals surface area contributed by atoms with Crippen molar-refractivity contribution in [3.63, 3.8) is 0 Å². The third kappa shape index (κ3) is 2.63. The minimum atomic E-state index is -0.0337. The number of ether oxygens (including phenoxy) is 1. The molecule has 3 heterocycles. The van der Waals surface area contributed by atoms with Gasteiger partial charge in [-0.1, -0.05) is 6.07 Å². The van der Waals surface area contributed by atoms with E-state index in [1.807, 2.05) is 17.5 Å². The number of amides is 1. The van der Waals surface area contributed by atoms with E-state index in [1.165, 1.54) is 6.26 Å². The Hall–Kier alpha value is -1.63. The lowest BCUT2D eigenvalue weighted by Crippen LogP contribution is -2.41. The molecule has 1 aliphatic heterocycles. The molecule has 1 saturated heterocycles. The van der Waals surface area contributed by atoms with Crippen LogP contribution in [0.1, 0.15) is 27.1 Å². The first-order chi connectivity index (χ1) is 9.78. The number of hydrogen-bond acceptors (Lipinski definition) is 5. The van der Waals surface area contributed by atoms with E-state index in [2.05, 4.69) is 0 Å². The van der Waals surface area contributed by atoms with E-state index in [9.17, 15) is 4.79 Å². The largest absolute Gasteiger partial charge is 0.467 e. The number of carbonyl (C=O) groups is 1. The highest BCUT2D eigenvalue weighted by atomic mass is 32.1. The van der Waals surface area contributed by atoms with Crippen LogP contribution in [0.5, 0.6) is 0 Å². The highest BCUT2D eigenvalue weighted by molar-refractivity contribution is 7.10. The molecule has 2 N–H and O–H groups in total. The molecule has 0 aliphatic carbocycles. The van der Waals surface area contributed by atoms with Gasteiger partial charge < -0.3 is 19.8 Å². The number of thiophene rings is 1. The highest BCUT2D eigenvalue weighted by Gasteiger charge is 2.27. The Morgan fingerprint density at radius 1 is 1.55 bits per heavy atom. The lowest BCUT2D eigenvalue weighted by Gasteiger charge is -2.32. The van der Waals surface area contributed by atoms with Crippen molar-refractivity contribution in [1.29, 1.82) is 0 Å². The van der Waals surface area contributed by atoms with Gasteiger partial charge in [-0.25, -0.2) is 0 Å². The molecule has 2 aromatic heterocycles. The van der Waals surface area contributed by atoms with Crippen molar-refractivity contribution in [3.05, 3.63) is 46.0 Å². The van der Waals surface area contributed by atoms with E-state index in [-0.39, 0.29) is 12.0 Å². The van der Waals surface area contributed by atoms with Crippen molar-refractivity contribution < 1.29 is 13.9 Å². The second kappa shape index (κ2) is 5.78. The third-order valence-corrected chi connectivity index (χ3v) is 4.28. The van der Waals surface area contributed by atoms with E-state index in [0.717, 1.165) is 4.88 Å². The Kier molecular flexibility index (Phi) is 3.86. The smallest absolute Gasteiger partial charge is 0.257 e. The van der Waals surface area contributed by atoms with Crippen molar-refractivity contribution in [3.8, 4) is 0 Å². The summed E-state index contributed by atoms with van der Waals surface area (Å²) < 4.78 is 11.0. The third-order valence-electron chi connectivity index (χ3n) is 3.32. The van der Waals surface area contributed by atoms with Crippen LogP contribution in [0.4, 0.5) is 0 Å². The second-order valence-corrected chi connectivity index (χ2v) is 5.61. The molecule has 0 saturated carbocycles. The quantitative estimate of drug-likeness (QED) is 0.939. The summed E-state index contributed by atoms with van der Waals surface area (Å²) in [6.07, 6.45) is 1.44. The SMILES string of the molecule is NCc1cc(C(=O)N2CCOC(c3cccs3)C2)co1. The topological polar surface area (TPSA) is 68.7 Å². The summed E-state index contributed by atoms with van der Waals surface area (Å²) in [5, 5.41) is 2.02. The van der Waals surface area contributed by atoms with Gasteiger partial charge in [-0.05, 0) is 17.5 Å². The highest BCUT2D eigenvalue weighted by Crippen LogP contribution is 2.26. The van der Waals surface area contributed by atoms with Crippen LogP contribution in [0, 0.1) is 0 Å². The standard InChI is InChI=1S/C14H16N2O3S/c15-7-11-6-10(9-19-11)14(17)16-3-4-18-12(8-16)13-2-1-5-20-13/h1-2,5-6,9,12H,3-4,7-8,15H2. The maximum Gasteiger partial charge on any atom is 0.257 e. The van der Waals surface area contributed by atoms with Crippen molar-refractivity contribution in [2.24, 2.45) is 5.73 Å². The lowest BCUT2D eigenvalue weighted by atomic mass is 10.2. The Labute approximate surface area is 120 Å². The molecule has 0 aromatic carbocycles. The van der Waals surface area contributed by atoms with Crippen LogP contribution >= 0.6 is 11.3 Å². The molecule has 1 atom stereocenters. The number of carbonyl (C=O) groups excluding carboxylic acids is 1. The fourth-order valence-corrected chi connectivity index (χ4v) is 3.03. The van der Waals surface area contributed by atoms with E-state index in [4.69, 9.17) is 14.9 Å². The van der Waals surface area contributed by atoms with Crippen LogP contribution in [0.25, 0.3) is 0 Å². The van der Waals surface area contributed by atoms with Gasteiger partial charge in [0.15, 0.2) is 0 Å². The minimum Gasteiger partial charge on any atom is -0.467 e. The zero-order valence-corrected chi connectivity index (χ0v) is 11.8. The Bertz CT molecular complexity index is 579. The van der Waals surface area contributed by atoms with Gasteiger partial charge in [0.2, 0.25) is 0 Å². The molecule has 2 aromatic rings. The molecular formula is C14H16N2O3S. The maximum atomic E-state index is 12.4. The van der Waals surface area contributed by atoms with Crippen molar-refractivity contribution in [1.82, 2.24) is 4.90 Å². The molecule has 1 unspecified atom stereocenters. The fourth-order valence-electron chi connectivity index (χ4n) is 2.26. The van der Waals surface area contributed by atoms with Crippen LogP contribution in [0.15, 0.2) is 34.3 Å². The zero-order valence-electron chi connectivity index (χ0n) is 11.0. The van der Waals surface area contributed by atoms with Gasteiger partial charge in [-0.15, -0.1) is 11.3 Å². The average molecular weight is 292 g/mol. The monoisotopic (exact) mass is 292 g/mol. The number of nitrogens with two attached hydrogens (primary N) is 1. The van der Waals surface area contributed by atoms with Crippen molar-refractivity contribution >= 4 is 17.2 Å². The molecule has 1 aliphatic rings. The molecule has 20 heavy (non-hydrogen) atoms. The van der Waals surface area contributed by atoms with Gasteiger partial charge in [0.05, 0.1) is 25.3 Å². The molecule has 1 amide bonds. The lowest BCUT2D eigenvalue weighted by molar-refractivity contribution is -0.0212. The number of hydrogen-bond donors (Lipinski definition) is 1. The number of rotatable bonds is 3. The van der Waals surface area contributed by atoms with Gasteiger partial charge in [0.1, 0.15) is 18.1 Å². The summed E-state index contributed by atoms with van der Waals surface area (Å²) in [7, 11) is 0. The number of morpholine rings is 1. The van der Waals surface area contributed by atoms with E-state index in [0.29, 0.717) is 37.6 Å². The van der Waals surface area contributed by atoms with Gasteiger partial charge in [0, 0.05) is 11.4 Å². The van der Waals surface area contributed by atoms with Crippen LogP contribution in [-0.2, 0) is 11.3 Å². The van der Waals surface area contributed by atoms with Crippen LogP contribution in [0.2, 0.25) is 0 Å². The predicted molar refractivity (Wildman–Crippen MR) is 75.5 cm³/mol. The van der Waals surface area contributed by atoms with E-state index < -0.39 is 0 Å². The number of furan rings is 1. The molecule has 0 radical (unpaired) electrons. The first-order valence-corrected chi connectivity index (χ1v) is 7.37. The Morgan fingerprint density at radius 2 is 2.45 bits per heavy atom. The summed E-state index contributed by atoms with van der Waals surface area (Å²) in [6, 6.07) is 5.74. The molecule has 0 bridgehead atoms. The molecule has 3 rings (SSSR count). The summed E-state index contributed by atoms with van der Waals surface area (Å²) in [5.41, 5.74) is 6.04. The summed E-state index contributed by atoms with van der Waals surface area (Å²) >= 11 is 1.65. The Morgan fingerprint density at radius 3 is 3.15 bits per heavy atom. The van der Waals surface area contributed by atoms with Crippen molar-refractivity contribution in [2.75, 3.05) is 19.7 Å². The molecule has 5 nitrogen and oxygen atoms in total. The van der Waals surface area contributed by atoms with Crippen LogP contribution < -0.4 is 5.73 Å². The normalized spacial score (nSPS) is 19.2. The molecule has 106 valence electrons. The van der Waals surface area contributed by atoms with E-state index in [1.54, 1.807) is 22.3 Å². The second-order valence-electron chi connectivity index (χ2n) is 4.63. The van der Waals surface area contributed by atoms with Gasteiger partial charge in [0.25, 0.3) is 5.91 Å². The average Bonchev–Trinajstić information content (AvgIpc) is 3.17. The van der Waals surface area contributed by atoms with Gasteiger partial charge in [-0.2, -0.15) is 0 Å². The zero-order chi connectivity index (χ0) is 13.9.